The zero-order valence-electron chi connectivity index (χ0n) is 14.4. The molecule has 2 aliphatic heterocycles. The molecule has 2 heterocycles. The van der Waals surface area contributed by atoms with Gasteiger partial charge in [-0.3, -0.25) is 9.59 Å². The third kappa shape index (κ3) is 4.49. The van der Waals surface area contributed by atoms with Crippen molar-refractivity contribution < 1.29 is 23.1 Å². The van der Waals surface area contributed by atoms with Crippen molar-refractivity contribution in [2.75, 3.05) is 24.5 Å². The number of hydrogen-bond acceptors (Lipinski definition) is 4. The maximum absolute atomic E-state index is 12.8. The molecule has 0 radical (unpaired) electrons. The fourth-order valence-electron chi connectivity index (χ4n) is 3.44. The highest BCUT2D eigenvalue weighted by atomic mass is 19.3. The van der Waals surface area contributed by atoms with E-state index in [0.29, 0.717) is 25.2 Å². The lowest BCUT2D eigenvalue weighted by Crippen LogP contribution is -2.54. The Morgan fingerprint density at radius 1 is 1.23 bits per heavy atom. The Balaban J connectivity index is 1.62. The van der Waals surface area contributed by atoms with Crippen LogP contribution in [0.4, 0.5) is 14.5 Å². The summed E-state index contributed by atoms with van der Waals surface area (Å²) in [6.07, 6.45) is 3.15. The number of ether oxygens (including phenoxy) is 1. The lowest BCUT2D eigenvalue weighted by atomic mass is 9.97. The van der Waals surface area contributed by atoms with Gasteiger partial charge in [0, 0.05) is 18.8 Å². The molecule has 3 rings (SSSR count). The van der Waals surface area contributed by atoms with E-state index in [1.165, 1.54) is 12.1 Å². The normalized spacial score (nSPS) is 23.8. The highest BCUT2D eigenvalue weighted by molar-refractivity contribution is 6.00. The summed E-state index contributed by atoms with van der Waals surface area (Å²) in [4.78, 5) is 26.7. The lowest BCUT2D eigenvalue weighted by molar-refractivity contribution is -0.131. The van der Waals surface area contributed by atoms with Gasteiger partial charge in [-0.25, -0.2) is 0 Å². The highest BCUT2D eigenvalue weighted by Crippen LogP contribution is 2.25. The first-order valence-electron chi connectivity index (χ1n) is 8.92. The SMILES string of the molecule is O=C(NC1CCCN(c2ccc(OC(F)F)cc2)C1=O)C1CCCNC1. The highest BCUT2D eigenvalue weighted by Gasteiger charge is 2.32. The molecule has 2 saturated heterocycles. The zero-order chi connectivity index (χ0) is 18.5. The molecule has 0 aliphatic carbocycles. The van der Waals surface area contributed by atoms with E-state index in [1.807, 2.05) is 0 Å². The summed E-state index contributed by atoms with van der Waals surface area (Å²) in [5.74, 6) is -0.311. The molecule has 2 aliphatic rings. The van der Waals surface area contributed by atoms with Crippen molar-refractivity contribution in [3.8, 4) is 5.75 Å². The predicted octanol–water partition coefficient (Wildman–Crippen LogP) is 1.90. The van der Waals surface area contributed by atoms with Gasteiger partial charge in [-0.1, -0.05) is 0 Å². The number of benzene rings is 1. The Hall–Kier alpha value is -2.22. The zero-order valence-corrected chi connectivity index (χ0v) is 14.4. The number of carbonyl (C=O) groups excluding carboxylic acids is 2. The van der Waals surface area contributed by atoms with E-state index < -0.39 is 12.7 Å². The van der Waals surface area contributed by atoms with Crippen molar-refractivity contribution >= 4 is 17.5 Å². The van der Waals surface area contributed by atoms with Crippen LogP contribution in [0.2, 0.25) is 0 Å². The van der Waals surface area contributed by atoms with Crippen molar-refractivity contribution in [2.24, 2.45) is 5.92 Å². The van der Waals surface area contributed by atoms with Crippen LogP contribution in [0.15, 0.2) is 24.3 Å². The average molecular weight is 367 g/mol. The number of nitrogens with zero attached hydrogens (tertiary/aromatic N) is 1. The van der Waals surface area contributed by atoms with Gasteiger partial charge in [0.1, 0.15) is 11.8 Å². The van der Waals surface area contributed by atoms with E-state index >= 15 is 0 Å². The number of nitrogens with one attached hydrogen (secondary N) is 2. The van der Waals surface area contributed by atoms with Gasteiger partial charge in [-0.2, -0.15) is 8.78 Å². The minimum atomic E-state index is -2.88. The number of anilines is 1. The van der Waals surface area contributed by atoms with E-state index in [1.54, 1.807) is 17.0 Å². The van der Waals surface area contributed by atoms with Crippen LogP contribution >= 0.6 is 0 Å². The Labute approximate surface area is 150 Å². The van der Waals surface area contributed by atoms with Crippen LogP contribution in [-0.2, 0) is 9.59 Å². The molecule has 26 heavy (non-hydrogen) atoms. The van der Waals surface area contributed by atoms with Gasteiger partial charge in [0.2, 0.25) is 11.8 Å². The standard InChI is InChI=1S/C18H23F2N3O3/c19-18(20)26-14-7-5-13(6-8-14)23-10-2-4-15(17(23)25)22-16(24)12-3-1-9-21-11-12/h5-8,12,15,18,21H,1-4,9-11H2,(H,22,24). The van der Waals surface area contributed by atoms with Crippen LogP contribution in [0.5, 0.6) is 5.75 Å². The molecule has 0 saturated carbocycles. The van der Waals surface area contributed by atoms with E-state index in [2.05, 4.69) is 15.4 Å². The lowest BCUT2D eigenvalue weighted by Gasteiger charge is -2.34. The minimum absolute atomic E-state index is 0.0443. The fraction of sp³-hybridized carbons (Fsp3) is 0.556. The Morgan fingerprint density at radius 3 is 2.65 bits per heavy atom. The largest absolute Gasteiger partial charge is 0.435 e. The first kappa shape index (κ1) is 18.6. The monoisotopic (exact) mass is 367 g/mol. The third-order valence-corrected chi connectivity index (χ3v) is 4.80. The van der Waals surface area contributed by atoms with E-state index in [-0.39, 0.29) is 23.5 Å². The molecule has 2 amide bonds. The van der Waals surface area contributed by atoms with E-state index in [4.69, 9.17) is 0 Å². The quantitative estimate of drug-likeness (QED) is 0.834. The topological polar surface area (TPSA) is 70.7 Å². The number of hydrogen-bond donors (Lipinski definition) is 2. The number of alkyl halides is 2. The molecule has 2 unspecified atom stereocenters. The van der Waals surface area contributed by atoms with Crippen LogP contribution in [0, 0.1) is 5.92 Å². The van der Waals surface area contributed by atoms with Gasteiger partial charge >= 0.3 is 6.61 Å². The summed E-state index contributed by atoms with van der Waals surface area (Å²) >= 11 is 0. The van der Waals surface area contributed by atoms with E-state index in [0.717, 1.165) is 25.8 Å². The first-order valence-corrected chi connectivity index (χ1v) is 8.92. The number of halogens is 2. The molecule has 2 atom stereocenters. The Kier molecular flexibility index (Phi) is 6.03. The summed E-state index contributed by atoms with van der Waals surface area (Å²) in [6, 6.07) is 5.42. The molecule has 2 fully saturated rings. The van der Waals surface area contributed by atoms with Crippen LogP contribution < -0.4 is 20.3 Å². The molecule has 142 valence electrons. The molecular weight excluding hydrogens is 344 g/mol. The summed E-state index contributed by atoms with van der Waals surface area (Å²) in [5.41, 5.74) is 0.606. The van der Waals surface area contributed by atoms with Crippen LogP contribution in [0.25, 0.3) is 0 Å². The molecule has 1 aromatic carbocycles. The van der Waals surface area contributed by atoms with E-state index in [9.17, 15) is 18.4 Å². The smallest absolute Gasteiger partial charge is 0.387 e. The second-order valence-corrected chi connectivity index (χ2v) is 6.61. The minimum Gasteiger partial charge on any atom is -0.435 e. The van der Waals surface area contributed by atoms with Gasteiger partial charge in [0.25, 0.3) is 0 Å². The maximum Gasteiger partial charge on any atom is 0.387 e. The molecule has 2 N–H and O–H groups in total. The maximum atomic E-state index is 12.8. The van der Waals surface area contributed by atoms with Crippen molar-refractivity contribution in [3.05, 3.63) is 24.3 Å². The van der Waals surface area contributed by atoms with Gasteiger partial charge in [-0.15, -0.1) is 0 Å². The Bertz CT molecular complexity index is 633. The second-order valence-electron chi connectivity index (χ2n) is 6.61. The number of carbonyl (C=O) groups is 2. The van der Waals surface area contributed by atoms with Crippen molar-refractivity contribution in [1.29, 1.82) is 0 Å². The van der Waals surface area contributed by atoms with Gasteiger partial charge in [0.15, 0.2) is 0 Å². The molecule has 1 aromatic rings. The first-order chi connectivity index (χ1) is 12.5. The summed E-state index contributed by atoms with van der Waals surface area (Å²) in [5, 5.41) is 6.08. The van der Waals surface area contributed by atoms with Gasteiger partial charge in [-0.05, 0) is 56.5 Å². The summed E-state index contributed by atoms with van der Waals surface area (Å²) in [6.45, 7) is -0.787. The van der Waals surface area contributed by atoms with Crippen molar-refractivity contribution in [3.63, 3.8) is 0 Å². The van der Waals surface area contributed by atoms with Crippen molar-refractivity contribution in [1.82, 2.24) is 10.6 Å². The van der Waals surface area contributed by atoms with Crippen LogP contribution in [0.3, 0.4) is 0 Å². The molecule has 8 heteroatoms. The molecule has 0 aromatic heterocycles. The molecule has 0 spiro atoms. The molecule has 6 nitrogen and oxygen atoms in total. The summed E-state index contributed by atoms with van der Waals surface area (Å²) < 4.78 is 28.8. The second kappa shape index (κ2) is 8.44. The van der Waals surface area contributed by atoms with Crippen LogP contribution in [-0.4, -0.2) is 44.1 Å². The van der Waals surface area contributed by atoms with Crippen LogP contribution in [0.1, 0.15) is 25.7 Å². The number of rotatable bonds is 5. The predicted molar refractivity (Wildman–Crippen MR) is 92.2 cm³/mol. The number of piperidine rings is 2. The molecule has 0 bridgehead atoms. The van der Waals surface area contributed by atoms with Gasteiger partial charge < -0.3 is 20.3 Å². The average Bonchev–Trinajstić information content (AvgIpc) is 2.64. The third-order valence-electron chi connectivity index (χ3n) is 4.80. The molecular formula is C18H23F2N3O3. The van der Waals surface area contributed by atoms with Gasteiger partial charge in [0.05, 0.1) is 5.92 Å². The fourth-order valence-corrected chi connectivity index (χ4v) is 3.44. The summed E-state index contributed by atoms with van der Waals surface area (Å²) in [7, 11) is 0. The number of amides is 2. The van der Waals surface area contributed by atoms with Crippen molar-refractivity contribution in [2.45, 2.75) is 38.3 Å². The Morgan fingerprint density at radius 2 is 2.00 bits per heavy atom.